The summed E-state index contributed by atoms with van der Waals surface area (Å²) in [5.74, 6) is 3.17. The number of aliphatic carboxylic acids is 2. The third kappa shape index (κ3) is 34.0. The van der Waals surface area contributed by atoms with Crippen LogP contribution in [0.1, 0.15) is 126 Å². The molecule has 0 aromatic heterocycles. The van der Waals surface area contributed by atoms with Crippen LogP contribution in [0, 0.1) is 0 Å². The van der Waals surface area contributed by atoms with Crippen LogP contribution in [0.2, 0.25) is 0 Å². The number of hydrogen-bond donors (Lipinski definition) is 8. The van der Waals surface area contributed by atoms with Gasteiger partial charge in [-0.3, -0.25) is 19.8 Å². The van der Waals surface area contributed by atoms with E-state index in [9.17, 15) is 39.0 Å². The first-order chi connectivity index (χ1) is 28.9. The first-order valence-corrected chi connectivity index (χ1v) is 23.4. The molecule has 0 radical (unpaired) electrons. The number of hydrogen-bond acceptors (Lipinski definition) is 9. The second-order valence-corrected chi connectivity index (χ2v) is 17.6. The van der Waals surface area contributed by atoms with Crippen molar-refractivity contribution in [3.05, 3.63) is 69.9 Å². The highest BCUT2D eigenvalue weighted by atomic mass is 32.2. The van der Waals surface area contributed by atoms with Crippen molar-refractivity contribution >= 4 is 59.2 Å². The van der Waals surface area contributed by atoms with E-state index in [2.05, 4.69) is 92.3 Å². The standard InChI is InChI=1S/C45H74N6O8S2/c1-32(2)13-8-14-33(3)15-9-18-35(5)24-27-60-30-38(43(55)56)49-40(52)21-12-26-47-45(59)48-29-37(7)20-11-17-34(4)16-10-19-36(6)25-28-61-31-39(44(57)58)50-41(53)22-23-42(54)51-46/h13,15-16,20,24-25,38-39H,8-12,14,17-19,21-23,26-31,46H2,1-7H3,(H,49,52)(H,50,53)(H,51,54)(H,55,56)(H,57,58)(H2,47,48,59)/b33-15+,34-16+,35-24+,36-25+,37-20+/t38-,39-/m0/s1. The molecule has 0 heterocycles. The van der Waals surface area contributed by atoms with E-state index in [1.54, 1.807) is 0 Å². The van der Waals surface area contributed by atoms with Gasteiger partial charge in [0.05, 0.1) is 0 Å². The van der Waals surface area contributed by atoms with Gasteiger partial charge in [0.15, 0.2) is 0 Å². The van der Waals surface area contributed by atoms with Crippen LogP contribution in [0.5, 0.6) is 0 Å². The zero-order valence-corrected chi connectivity index (χ0v) is 39.2. The maximum atomic E-state index is 12.4. The number of allylic oxidation sites excluding steroid dienone is 9. The molecule has 0 aliphatic rings. The van der Waals surface area contributed by atoms with Gasteiger partial charge in [-0.25, -0.2) is 20.2 Å². The molecule has 0 rings (SSSR count). The summed E-state index contributed by atoms with van der Waals surface area (Å²) in [6.45, 7) is 15.2. The zero-order valence-electron chi connectivity index (χ0n) is 37.6. The first kappa shape index (κ1) is 56.7. The lowest BCUT2D eigenvalue weighted by Crippen LogP contribution is -2.43. The van der Waals surface area contributed by atoms with Crippen LogP contribution in [0.25, 0.3) is 0 Å². The zero-order chi connectivity index (χ0) is 46.0. The summed E-state index contributed by atoms with van der Waals surface area (Å²) >= 11 is 2.88. The van der Waals surface area contributed by atoms with Gasteiger partial charge >= 0.3 is 18.0 Å². The van der Waals surface area contributed by atoms with Crippen LogP contribution in [-0.4, -0.2) is 94.1 Å². The average molecular weight is 891 g/mol. The molecular weight excluding hydrogens is 817 g/mol. The number of carboxylic acids is 2. The number of amides is 5. The molecule has 61 heavy (non-hydrogen) atoms. The molecule has 344 valence electrons. The molecule has 0 fully saturated rings. The van der Waals surface area contributed by atoms with Crippen molar-refractivity contribution in [2.75, 3.05) is 36.1 Å². The van der Waals surface area contributed by atoms with Gasteiger partial charge in [-0.05, 0) is 106 Å². The van der Waals surface area contributed by atoms with Crippen molar-refractivity contribution in [3.63, 3.8) is 0 Å². The van der Waals surface area contributed by atoms with Gasteiger partial charge in [-0.1, -0.05) is 69.9 Å². The van der Waals surface area contributed by atoms with Crippen LogP contribution >= 0.6 is 23.5 Å². The Hall–Kier alpha value is -4.28. The summed E-state index contributed by atoms with van der Waals surface area (Å²) < 4.78 is 0. The Kier molecular flexibility index (Phi) is 32.9. The van der Waals surface area contributed by atoms with Crippen LogP contribution < -0.4 is 32.5 Å². The lowest BCUT2D eigenvalue weighted by Gasteiger charge is -2.14. The molecule has 0 saturated carbocycles. The quantitative estimate of drug-likeness (QED) is 0.0108. The highest BCUT2D eigenvalue weighted by Crippen LogP contribution is 2.15. The fourth-order valence-corrected chi connectivity index (χ4v) is 7.40. The SMILES string of the molecule is CC(C)=CCC/C(C)=C/CC/C(C)=C/CSC[C@H](NC(=O)CCCNC(=O)NC/C(C)=C/CC/C(C)=C/CC/C(C)=C/CSC[C@H](NC(=O)CCC(=O)NN)C(=O)O)C(=O)O. The number of rotatable bonds is 33. The summed E-state index contributed by atoms with van der Waals surface area (Å²) in [7, 11) is 0. The second kappa shape index (κ2) is 35.3. The van der Waals surface area contributed by atoms with Crippen molar-refractivity contribution < 1.29 is 39.0 Å². The number of thioether (sulfide) groups is 2. The van der Waals surface area contributed by atoms with Crippen molar-refractivity contribution in [1.82, 2.24) is 26.7 Å². The number of carboxylic acid groups (broad SMARTS) is 2. The minimum Gasteiger partial charge on any atom is -0.480 e. The van der Waals surface area contributed by atoms with Crippen LogP contribution in [0.3, 0.4) is 0 Å². The molecule has 2 atom stereocenters. The van der Waals surface area contributed by atoms with E-state index in [-0.39, 0.29) is 49.3 Å². The molecule has 0 saturated heterocycles. The molecule has 0 aliphatic heterocycles. The van der Waals surface area contributed by atoms with Gasteiger partial charge in [0.1, 0.15) is 12.1 Å². The summed E-state index contributed by atoms with van der Waals surface area (Å²) in [6.07, 6.45) is 20.8. The minimum atomic E-state index is -1.13. The third-order valence-electron chi connectivity index (χ3n) is 9.25. The van der Waals surface area contributed by atoms with E-state index >= 15 is 0 Å². The first-order valence-electron chi connectivity index (χ1n) is 21.1. The Morgan fingerprint density at radius 1 is 0.525 bits per heavy atom. The maximum Gasteiger partial charge on any atom is 0.327 e. The summed E-state index contributed by atoms with van der Waals surface area (Å²) in [5, 5.41) is 29.6. The molecule has 0 aliphatic carbocycles. The Balaban J connectivity index is 4.31. The van der Waals surface area contributed by atoms with E-state index in [4.69, 9.17) is 5.84 Å². The molecule has 0 bridgehead atoms. The lowest BCUT2D eigenvalue weighted by atomic mass is 10.1. The predicted molar refractivity (Wildman–Crippen MR) is 251 cm³/mol. The summed E-state index contributed by atoms with van der Waals surface area (Å²) in [5.41, 5.74) is 9.40. The van der Waals surface area contributed by atoms with Gasteiger partial charge in [0.25, 0.3) is 0 Å². The van der Waals surface area contributed by atoms with Crippen LogP contribution in [-0.2, 0) is 24.0 Å². The predicted octanol–water partition coefficient (Wildman–Crippen LogP) is 7.26. The highest BCUT2D eigenvalue weighted by molar-refractivity contribution is 7.99. The number of carbonyl (C=O) groups is 6. The number of nitrogens with one attached hydrogen (secondary N) is 5. The Labute approximate surface area is 373 Å². The van der Waals surface area contributed by atoms with Gasteiger partial charge in [-0.2, -0.15) is 23.5 Å². The highest BCUT2D eigenvalue weighted by Gasteiger charge is 2.21. The summed E-state index contributed by atoms with van der Waals surface area (Å²) in [6, 6.07) is -2.36. The molecule has 5 amide bonds. The second-order valence-electron chi connectivity index (χ2n) is 15.5. The van der Waals surface area contributed by atoms with Crippen molar-refractivity contribution in [1.29, 1.82) is 0 Å². The number of nitrogens with two attached hydrogens (primary N) is 1. The Bertz CT molecular complexity index is 1580. The van der Waals surface area contributed by atoms with Crippen molar-refractivity contribution in [2.45, 2.75) is 138 Å². The molecular formula is C45H74N6O8S2. The maximum absolute atomic E-state index is 12.4. The summed E-state index contributed by atoms with van der Waals surface area (Å²) in [4.78, 5) is 71.1. The molecule has 0 aromatic rings. The van der Waals surface area contributed by atoms with E-state index in [1.807, 2.05) is 19.3 Å². The Morgan fingerprint density at radius 2 is 0.934 bits per heavy atom. The normalized spacial score (nSPS) is 13.5. The Morgan fingerprint density at radius 3 is 1.38 bits per heavy atom. The van der Waals surface area contributed by atoms with Gasteiger partial charge < -0.3 is 31.5 Å². The fourth-order valence-electron chi connectivity index (χ4n) is 5.40. The topological polar surface area (TPSA) is 229 Å². The molecule has 0 spiro atoms. The monoisotopic (exact) mass is 891 g/mol. The van der Waals surface area contributed by atoms with Crippen LogP contribution in [0.4, 0.5) is 4.79 Å². The molecule has 16 heteroatoms. The van der Waals surface area contributed by atoms with Gasteiger partial charge in [0.2, 0.25) is 17.7 Å². The molecule has 0 aromatic carbocycles. The van der Waals surface area contributed by atoms with E-state index < -0.39 is 35.8 Å². The van der Waals surface area contributed by atoms with Crippen molar-refractivity contribution in [3.8, 4) is 0 Å². The van der Waals surface area contributed by atoms with Crippen LogP contribution in [0.15, 0.2) is 69.9 Å². The fraction of sp³-hybridized carbons (Fsp3) is 0.600. The van der Waals surface area contributed by atoms with E-state index in [0.717, 1.165) is 56.9 Å². The smallest absolute Gasteiger partial charge is 0.327 e. The number of hydrazine groups is 1. The number of carbonyl (C=O) groups excluding carboxylic acids is 4. The lowest BCUT2D eigenvalue weighted by molar-refractivity contribution is -0.141. The molecule has 14 nitrogen and oxygen atoms in total. The van der Waals surface area contributed by atoms with Gasteiger partial charge in [0, 0.05) is 55.4 Å². The average Bonchev–Trinajstić information content (AvgIpc) is 3.19. The molecule has 0 unspecified atom stereocenters. The van der Waals surface area contributed by atoms with Crippen molar-refractivity contribution in [2.24, 2.45) is 5.84 Å². The van der Waals surface area contributed by atoms with E-state index in [1.165, 1.54) is 51.4 Å². The minimum absolute atomic E-state index is 0.105. The molecule has 9 N–H and O–H groups in total. The van der Waals surface area contributed by atoms with Gasteiger partial charge in [-0.15, -0.1) is 0 Å². The third-order valence-corrected chi connectivity index (χ3v) is 11.2. The van der Waals surface area contributed by atoms with E-state index in [0.29, 0.717) is 24.5 Å². The largest absolute Gasteiger partial charge is 0.480 e. The number of urea groups is 1.